The number of para-hydroxylation sites is 1. The molecule has 0 atom stereocenters. The van der Waals surface area contributed by atoms with E-state index < -0.39 is 15.9 Å². The number of hydrogen-bond donors (Lipinski definition) is 1. The second kappa shape index (κ2) is 9.15. The quantitative estimate of drug-likeness (QED) is 0.570. The highest BCUT2D eigenvalue weighted by Crippen LogP contribution is 2.22. The molecule has 2 rings (SSSR count). The summed E-state index contributed by atoms with van der Waals surface area (Å²) < 4.78 is 27.1. The van der Waals surface area contributed by atoms with Gasteiger partial charge in [0.05, 0.1) is 10.6 Å². The van der Waals surface area contributed by atoms with Gasteiger partial charge in [-0.05, 0) is 37.1 Å². The Morgan fingerprint density at radius 1 is 0.962 bits per heavy atom. The van der Waals surface area contributed by atoms with Gasteiger partial charge in [0.15, 0.2) is 0 Å². The van der Waals surface area contributed by atoms with Crippen molar-refractivity contribution in [3.63, 3.8) is 0 Å². The number of hydrazone groups is 1. The molecule has 0 aliphatic carbocycles. The first-order valence-corrected chi connectivity index (χ1v) is 9.90. The van der Waals surface area contributed by atoms with Gasteiger partial charge in [-0.25, -0.2) is 13.8 Å². The predicted octanol–water partition coefficient (Wildman–Crippen LogP) is 3.17. The minimum Gasteiger partial charge on any atom is -0.271 e. The standard InChI is InChI=1S/C19H23N3O3S/c1-3-16(4-2)20-21-19(23)15-22(17-11-7-5-8-12-17)26(24,25)18-13-9-6-10-14-18/h5-14H,3-4,15H2,1-2H3,(H,21,23). The van der Waals surface area contributed by atoms with E-state index >= 15 is 0 Å². The molecular weight excluding hydrogens is 350 g/mol. The lowest BCUT2D eigenvalue weighted by molar-refractivity contribution is -0.119. The molecule has 2 aromatic rings. The van der Waals surface area contributed by atoms with Crippen LogP contribution >= 0.6 is 0 Å². The van der Waals surface area contributed by atoms with E-state index in [-0.39, 0.29) is 11.4 Å². The summed E-state index contributed by atoms with van der Waals surface area (Å²) in [4.78, 5) is 12.4. The van der Waals surface area contributed by atoms with E-state index in [1.165, 1.54) is 12.1 Å². The molecule has 26 heavy (non-hydrogen) atoms. The van der Waals surface area contributed by atoms with Gasteiger partial charge in [-0.2, -0.15) is 5.10 Å². The number of rotatable bonds is 8. The Kier molecular flexibility index (Phi) is 6.91. The van der Waals surface area contributed by atoms with E-state index in [4.69, 9.17) is 0 Å². The van der Waals surface area contributed by atoms with Crippen molar-refractivity contribution in [2.45, 2.75) is 31.6 Å². The molecule has 1 amide bonds. The maximum Gasteiger partial charge on any atom is 0.264 e. The predicted molar refractivity (Wildman–Crippen MR) is 104 cm³/mol. The minimum atomic E-state index is -3.87. The van der Waals surface area contributed by atoms with Crippen molar-refractivity contribution in [1.29, 1.82) is 0 Å². The van der Waals surface area contributed by atoms with Crippen molar-refractivity contribution in [3.05, 3.63) is 60.7 Å². The van der Waals surface area contributed by atoms with Crippen LogP contribution in [0, 0.1) is 0 Å². The molecule has 0 aliphatic heterocycles. The average Bonchev–Trinajstić information content (AvgIpc) is 2.68. The number of nitrogens with one attached hydrogen (secondary N) is 1. The Hall–Kier alpha value is -2.67. The molecule has 7 heteroatoms. The molecule has 1 N–H and O–H groups in total. The highest BCUT2D eigenvalue weighted by Gasteiger charge is 2.26. The van der Waals surface area contributed by atoms with Crippen LogP contribution in [0.3, 0.4) is 0 Å². The Bertz CT molecular complexity index is 844. The van der Waals surface area contributed by atoms with Crippen LogP contribution in [0.4, 0.5) is 5.69 Å². The fraction of sp³-hybridized carbons (Fsp3) is 0.263. The van der Waals surface area contributed by atoms with E-state index in [1.807, 2.05) is 13.8 Å². The third kappa shape index (κ3) is 4.92. The smallest absolute Gasteiger partial charge is 0.264 e. The van der Waals surface area contributed by atoms with E-state index in [2.05, 4.69) is 10.5 Å². The van der Waals surface area contributed by atoms with Crippen molar-refractivity contribution in [1.82, 2.24) is 5.43 Å². The first-order valence-electron chi connectivity index (χ1n) is 8.46. The fourth-order valence-corrected chi connectivity index (χ4v) is 3.79. The monoisotopic (exact) mass is 373 g/mol. The molecule has 2 aromatic carbocycles. The molecule has 0 aliphatic rings. The number of anilines is 1. The summed E-state index contributed by atoms with van der Waals surface area (Å²) >= 11 is 0. The van der Waals surface area contributed by atoms with Gasteiger partial charge < -0.3 is 0 Å². The number of hydrogen-bond acceptors (Lipinski definition) is 4. The zero-order chi connectivity index (χ0) is 19.0. The highest BCUT2D eigenvalue weighted by atomic mass is 32.2. The van der Waals surface area contributed by atoms with Gasteiger partial charge >= 0.3 is 0 Å². The van der Waals surface area contributed by atoms with Crippen LogP contribution in [0.1, 0.15) is 26.7 Å². The molecule has 0 saturated carbocycles. The average molecular weight is 373 g/mol. The first kappa shape index (κ1) is 19.7. The molecule has 0 unspecified atom stereocenters. The maximum atomic E-state index is 13.0. The SMILES string of the molecule is CCC(CC)=NNC(=O)CN(c1ccccc1)S(=O)(=O)c1ccccc1. The molecule has 6 nitrogen and oxygen atoms in total. The van der Waals surface area contributed by atoms with Crippen LogP contribution < -0.4 is 9.73 Å². The van der Waals surface area contributed by atoms with Gasteiger partial charge in [0.2, 0.25) is 0 Å². The van der Waals surface area contributed by atoms with E-state index in [9.17, 15) is 13.2 Å². The Morgan fingerprint density at radius 2 is 1.50 bits per heavy atom. The fourth-order valence-electron chi connectivity index (χ4n) is 2.34. The van der Waals surface area contributed by atoms with Gasteiger partial charge in [-0.1, -0.05) is 50.2 Å². The third-order valence-corrected chi connectivity index (χ3v) is 5.61. The summed E-state index contributed by atoms with van der Waals surface area (Å²) in [5, 5.41) is 4.06. The largest absolute Gasteiger partial charge is 0.271 e. The van der Waals surface area contributed by atoms with E-state index in [0.29, 0.717) is 5.69 Å². The van der Waals surface area contributed by atoms with Crippen molar-refractivity contribution in [2.24, 2.45) is 5.10 Å². The third-order valence-electron chi connectivity index (χ3n) is 3.82. The van der Waals surface area contributed by atoms with Gasteiger partial charge in [-0.15, -0.1) is 0 Å². The minimum absolute atomic E-state index is 0.128. The zero-order valence-electron chi connectivity index (χ0n) is 14.9. The van der Waals surface area contributed by atoms with Crippen LogP contribution in [0.2, 0.25) is 0 Å². The normalized spacial score (nSPS) is 10.8. The number of sulfonamides is 1. The number of carbonyl (C=O) groups is 1. The number of benzene rings is 2. The van der Waals surface area contributed by atoms with E-state index in [0.717, 1.165) is 22.9 Å². The molecule has 0 spiro atoms. The van der Waals surface area contributed by atoms with Crippen LogP contribution in [-0.4, -0.2) is 26.6 Å². The van der Waals surface area contributed by atoms with Crippen molar-refractivity contribution < 1.29 is 13.2 Å². The summed E-state index contributed by atoms with van der Waals surface area (Å²) in [5.74, 6) is -0.493. The summed E-state index contributed by atoms with van der Waals surface area (Å²) in [7, 11) is -3.87. The lowest BCUT2D eigenvalue weighted by Crippen LogP contribution is -2.39. The van der Waals surface area contributed by atoms with Crippen molar-refractivity contribution in [2.75, 3.05) is 10.8 Å². The van der Waals surface area contributed by atoms with Gasteiger partial charge in [0.25, 0.3) is 15.9 Å². The first-order chi connectivity index (χ1) is 12.5. The number of carbonyl (C=O) groups excluding carboxylic acids is 1. The molecule has 0 aromatic heterocycles. The Labute approximate surface area is 154 Å². The molecule has 0 fully saturated rings. The van der Waals surface area contributed by atoms with Crippen LogP contribution in [0.5, 0.6) is 0 Å². The molecule has 138 valence electrons. The maximum absolute atomic E-state index is 13.0. The lowest BCUT2D eigenvalue weighted by atomic mass is 10.2. The van der Waals surface area contributed by atoms with Crippen molar-refractivity contribution >= 4 is 27.3 Å². The Morgan fingerprint density at radius 3 is 2.04 bits per heavy atom. The molecule has 0 radical (unpaired) electrons. The lowest BCUT2D eigenvalue weighted by Gasteiger charge is -2.23. The van der Waals surface area contributed by atoms with Gasteiger partial charge in [0, 0.05) is 5.71 Å². The molecule has 0 saturated heterocycles. The number of nitrogens with zero attached hydrogens (tertiary/aromatic N) is 2. The Balaban J connectivity index is 2.32. The summed E-state index contributed by atoms with van der Waals surface area (Å²) in [5.41, 5.74) is 3.71. The van der Waals surface area contributed by atoms with Gasteiger partial charge in [-0.3, -0.25) is 9.10 Å². The molecule has 0 heterocycles. The molecular formula is C19H23N3O3S. The molecule has 0 bridgehead atoms. The summed E-state index contributed by atoms with van der Waals surface area (Å²) in [6.07, 6.45) is 1.45. The van der Waals surface area contributed by atoms with Gasteiger partial charge in [0.1, 0.15) is 6.54 Å². The van der Waals surface area contributed by atoms with Crippen LogP contribution in [-0.2, 0) is 14.8 Å². The van der Waals surface area contributed by atoms with Crippen molar-refractivity contribution in [3.8, 4) is 0 Å². The summed E-state index contributed by atoms with van der Waals surface area (Å²) in [6, 6.07) is 16.6. The second-order valence-electron chi connectivity index (χ2n) is 5.58. The number of amides is 1. The second-order valence-corrected chi connectivity index (χ2v) is 7.44. The summed E-state index contributed by atoms with van der Waals surface area (Å²) in [6.45, 7) is 3.54. The van der Waals surface area contributed by atoms with Crippen LogP contribution in [0.25, 0.3) is 0 Å². The van der Waals surface area contributed by atoms with E-state index in [1.54, 1.807) is 48.5 Å². The topological polar surface area (TPSA) is 78.8 Å². The zero-order valence-corrected chi connectivity index (χ0v) is 15.7. The van der Waals surface area contributed by atoms with Crippen LogP contribution in [0.15, 0.2) is 70.7 Å². The highest BCUT2D eigenvalue weighted by molar-refractivity contribution is 7.92.